The first-order valence-electron chi connectivity index (χ1n) is 4.60. The standard InChI is InChI=1S/C10H11N3O2/c1-6-3-9-12-8(4-10(14)15)5-13(9)7(2)11-6/h3,5H,4H2,1-2H3,(H,14,15). The predicted molar refractivity (Wildman–Crippen MR) is 53.8 cm³/mol. The molecular weight excluding hydrogens is 194 g/mol. The zero-order valence-electron chi connectivity index (χ0n) is 8.56. The minimum Gasteiger partial charge on any atom is -0.481 e. The molecule has 0 amide bonds. The summed E-state index contributed by atoms with van der Waals surface area (Å²) in [6.07, 6.45) is 1.66. The molecule has 78 valence electrons. The van der Waals surface area contributed by atoms with E-state index in [9.17, 15) is 4.79 Å². The van der Waals surface area contributed by atoms with Gasteiger partial charge in [-0.1, -0.05) is 0 Å². The topological polar surface area (TPSA) is 67.5 Å². The number of hydrogen-bond donors (Lipinski definition) is 1. The van der Waals surface area contributed by atoms with Gasteiger partial charge in [-0.25, -0.2) is 9.97 Å². The molecule has 0 bridgehead atoms. The van der Waals surface area contributed by atoms with E-state index in [1.165, 1.54) is 0 Å². The highest BCUT2D eigenvalue weighted by Gasteiger charge is 2.07. The molecule has 2 aromatic rings. The Hall–Kier alpha value is -1.91. The van der Waals surface area contributed by atoms with Crippen LogP contribution in [0.3, 0.4) is 0 Å². The molecular formula is C10H11N3O2. The van der Waals surface area contributed by atoms with Crippen LogP contribution in [0.1, 0.15) is 17.2 Å². The van der Waals surface area contributed by atoms with Crippen LogP contribution in [0, 0.1) is 13.8 Å². The zero-order valence-corrected chi connectivity index (χ0v) is 8.56. The van der Waals surface area contributed by atoms with Gasteiger partial charge in [0.2, 0.25) is 0 Å². The van der Waals surface area contributed by atoms with Crippen LogP contribution in [0.25, 0.3) is 5.65 Å². The highest BCUT2D eigenvalue weighted by Crippen LogP contribution is 2.09. The normalized spacial score (nSPS) is 10.8. The van der Waals surface area contributed by atoms with Crippen molar-refractivity contribution in [3.63, 3.8) is 0 Å². The molecule has 0 saturated heterocycles. The maximum atomic E-state index is 10.5. The number of aryl methyl sites for hydroxylation is 2. The van der Waals surface area contributed by atoms with Gasteiger partial charge < -0.3 is 5.11 Å². The summed E-state index contributed by atoms with van der Waals surface area (Å²) in [7, 11) is 0. The van der Waals surface area contributed by atoms with Crippen molar-refractivity contribution in [1.29, 1.82) is 0 Å². The number of hydrogen-bond acceptors (Lipinski definition) is 3. The van der Waals surface area contributed by atoms with Crippen molar-refractivity contribution in [2.75, 3.05) is 0 Å². The number of fused-ring (bicyclic) bond motifs is 1. The van der Waals surface area contributed by atoms with Crippen molar-refractivity contribution < 1.29 is 9.90 Å². The molecule has 0 spiro atoms. The average Bonchev–Trinajstić information content (AvgIpc) is 2.45. The fourth-order valence-electron chi connectivity index (χ4n) is 1.57. The van der Waals surface area contributed by atoms with Gasteiger partial charge in [0.25, 0.3) is 0 Å². The molecule has 0 atom stereocenters. The minimum absolute atomic E-state index is 0.0554. The van der Waals surface area contributed by atoms with Gasteiger partial charge in [-0.3, -0.25) is 9.20 Å². The second-order valence-corrected chi connectivity index (χ2v) is 3.48. The van der Waals surface area contributed by atoms with E-state index >= 15 is 0 Å². The molecule has 2 heterocycles. The number of aliphatic carboxylic acids is 1. The second-order valence-electron chi connectivity index (χ2n) is 3.48. The fourth-order valence-corrected chi connectivity index (χ4v) is 1.57. The third-order valence-corrected chi connectivity index (χ3v) is 2.14. The summed E-state index contributed by atoms with van der Waals surface area (Å²) in [6, 6.07) is 1.83. The summed E-state index contributed by atoms with van der Waals surface area (Å²) in [5, 5.41) is 8.65. The number of rotatable bonds is 2. The third kappa shape index (κ3) is 1.81. The molecule has 0 aliphatic rings. The van der Waals surface area contributed by atoms with Crippen LogP contribution in [-0.2, 0) is 11.2 Å². The molecule has 2 rings (SSSR count). The van der Waals surface area contributed by atoms with E-state index in [2.05, 4.69) is 9.97 Å². The lowest BCUT2D eigenvalue weighted by Crippen LogP contribution is -1.99. The molecule has 0 fully saturated rings. The highest BCUT2D eigenvalue weighted by atomic mass is 16.4. The second kappa shape index (κ2) is 3.34. The molecule has 0 saturated carbocycles. The molecule has 0 aromatic carbocycles. The number of aromatic nitrogens is 3. The lowest BCUT2D eigenvalue weighted by atomic mass is 10.3. The molecule has 15 heavy (non-hydrogen) atoms. The van der Waals surface area contributed by atoms with Gasteiger partial charge in [-0.15, -0.1) is 0 Å². The van der Waals surface area contributed by atoms with Gasteiger partial charge in [-0.05, 0) is 13.8 Å². The van der Waals surface area contributed by atoms with E-state index in [1.54, 1.807) is 10.6 Å². The number of carboxylic acids is 1. The van der Waals surface area contributed by atoms with Crippen LogP contribution in [-0.4, -0.2) is 25.4 Å². The molecule has 0 aliphatic carbocycles. The van der Waals surface area contributed by atoms with Crippen molar-refractivity contribution in [1.82, 2.24) is 14.4 Å². The van der Waals surface area contributed by atoms with Crippen LogP contribution < -0.4 is 0 Å². The summed E-state index contributed by atoms with van der Waals surface area (Å²) in [5.74, 6) is -0.0603. The quantitative estimate of drug-likeness (QED) is 0.793. The maximum Gasteiger partial charge on any atom is 0.309 e. The van der Waals surface area contributed by atoms with Gasteiger partial charge in [0.15, 0.2) is 0 Å². The van der Waals surface area contributed by atoms with E-state index in [0.29, 0.717) is 5.69 Å². The molecule has 0 radical (unpaired) electrons. The van der Waals surface area contributed by atoms with Crippen LogP contribution >= 0.6 is 0 Å². The number of carboxylic acid groups (broad SMARTS) is 1. The van der Waals surface area contributed by atoms with E-state index in [-0.39, 0.29) is 6.42 Å². The van der Waals surface area contributed by atoms with Crippen LogP contribution in [0.5, 0.6) is 0 Å². The Morgan fingerprint density at radius 1 is 1.47 bits per heavy atom. The molecule has 1 N–H and O–H groups in total. The first-order chi connectivity index (χ1) is 7.06. The third-order valence-electron chi connectivity index (χ3n) is 2.14. The zero-order chi connectivity index (χ0) is 11.0. The first kappa shape index (κ1) is 9.64. The van der Waals surface area contributed by atoms with Gasteiger partial charge in [-0.2, -0.15) is 0 Å². The molecule has 5 heteroatoms. The largest absolute Gasteiger partial charge is 0.481 e. The summed E-state index contributed by atoms with van der Waals surface area (Å²) in [4.78, 5) is 19.0. The van der Waals surface area contributed by atoms with Crippen molar-refractivity contribution in [3.8, 4) is 0 Å². The van der Waals surface area contributed by atoms with Crippen molar-refractivity contribution in [3.05, 3.63) is 29.5 Å². The molecule has 0 aliphatic heterocycles. The Bertz CT molecular complexity index is 531. The van der Waals surface area contributed by atoms with Crippen molar-refractivity contribution in [2.45, 2.75) is 20.3 Å². The van der Waals surface area contributed by atoms with Crippen LogP contribution in [0.2, 0.25) is 0 Å². The van der Waals surface area contributed by atoms with E-state index < -0.39 is 5.97 Å². The average molecular weight is 205 g/mol. The first-order valence-corrected chi connectivity index (χ1v) is 4.60. The van der Waals surface area contributed by atoms with E-state index in [1.807, 2.05) is 19.9 Å². The maximum absolute atomic E-state index is 10.5. The predicted octanol–water partition coefficient (Wildman–Crippen LogP) is 0.973. The lowest BCUT2D eigenvalue weighted by Gasteiger charge is -1.98. The summed E-state index contributed by atoms with van der Waals surface area (Å²) in [5.41, 5.74) is 2.18. The SMILES string of the molecule is Cc1cc2nc(CC(=O)O)cn2c(C)n1. The van der Waals surface area contributed by atoms with Crippen molar-refractivity contribution in [2.24, 2.45) is 0 Å². The number of carbonyl (C=O) groups is 1. The fraction of sp³-hybridized carbons (Fsp3) is 0.300. The monoisotopic (exact) mass is 205 g/mol. The summed E-state index contributed by atoms with van der Waals surface area (Å²) >= 11 is 0. The van der Waals surface area contributed by atoms with E-state index in [4.69, 9.17) is 5.11 Å². The summed E-state index contributed by atoms with van der Waals surface area (Å²) in [6.45, 7) is 3.75. The van der Waals surface area contributed by atoms with Crippen molar-refractivity contribution >= 4 is 11.6 Å². The minimum atomic E-state index is -0.874. The van der Waals surface area contributed by atoms with Gasteiger partial charge in [0.05, 0.1) is 12.1 Å². The molecule has 5 nitrogen and oxygen atoms in total. The molecule has 0 unspecified atom stereocenters. The molecule has 2 aromatic heterocycles. The van der Waals surface area contributed by atoms with Crippen LogP contribution in [0.4, 0.5) is 0 Å². The smallest absolute Gasteiger partial charge is 0.309 e. The Labute approximate surface area is 86.4 Å². The van der Waals surface area contributed by atoms with Gasteiger partial charge in [0, 0.05) is 18.0 Å². The van der Waals surface area contributed by atoms with E-state index in [0.717, 1.165) is 17.2 Å². The van der Waals surface area contributed by atoms with Gasteiger partial charge >= 0.3 is 5.97 Å². The Morgan fingerprint density at radius 3 is 2.87 bits per heavy atom. The van der Waals surface area contributed by atoms with Crippen LogP contribution in [0.15, 0.2) is 12.3 Å². The highest BCUT2D eigenvalue weighted by molar-refractivity contribution is 5.69. The number of imidazole rings is 1. The van der Waals surface area contributed by atoms with Gasteiger partial charge in [0.1, 0.15) is 11.5 Å². The number of nitrogens with zero attached hydrogens (tertiary/aromatic N) is 3. The summed E-state index contributed by atoms with van der Waals surface area (Å²) < 4.78 is 1.80. The Morgan fingerprint density at radius 2 is 2.20 bits per heavy atom. The lowest BCUT2D eigenvalue weighted by molar-refractivity contribution is -0.136. The Kier molecular flexibility index (Phi) is 2.15. The Balaban J connectivity index is 2.55.